The molecule has 1 atom stereocenters. The average Bonchev–Trinajstić information content (AvgIpc) is 2.96. The number of halogens is 2. The Bertz CT molecular complexity index is 922. The molecule has 1 heterocycles. The monoisotopic (exact) mass is 346 g/mol. The molecule has 0 bridgehead atoms. The van der Waals surface area contributed by atoms with E-state index in [1.807, 2.05) is 6.07 Å². The second-order valence-corrected chi connectivity index (χ2v) is 5.98. The molecular formula is C18H16F2N2O3. The van der Waals surface area contributed by atoms with Gasteiger partial charge in [0, 0.05) is 17.0 Å². The molecule has 0 aliphatic rings. The quantitative estimate of drug-likeness (QED) is 0.745. The summed E-state index contributed by atoms with van der Waals surface area (Å²) < 4.78 is 31.9. The molecule has 2 N–H and O–H groups in total. The van der Waals surface area contributed by atoms with Crippen molar-refractivity contribution in [2.75, 3.05) is 6.54 Å². The molecule has 0 aliphatic heterocycles. The van der Waals surface area contributed by atoms with Crippen LogP contribution in [0.25, 0.3) is 11.0 Å². The number of amides is 1. The van der Waals surface area contributed by atoms with Gasteiger partial charge < -0.3 is 14.9 Å². The largest absolute Gasteiger partial charge is 0.383 e. The van der Waals surface area contributed by atoms with Gasteiger partial charge in [0.05, 0.1) is 13.0 Å². The summed E-state index contributed by atoms with van der Waals surface area (Å²) in [5.41, 5.74) is -0.730. The van der Waals surface area contributed by atoms with Crippen molar-refractivity contribution in [1.29, 1.82) is 0 Å². The van der Waals surface area contributed by atoms with Crippen molar-refractivity contribution in [2.24, 2.45) is 0 Å². The van der Waals surface area contributed by atoms with Crippen molar-refractivity contribution in [3.8, 4) is 0 Å². The number of carbonyl (C=O) groups is 1. The number of para-hydroxylation sites is 1. The number of nitrogens with one attached hydrogen (secondary N) is 1. The predicted molar refractivity (Wildman–Crippen MR) is 86.7 cm³/mol. The summed E-state index contributed by atoms with van der Waals surface area (Å²) in [6.45, 7) is 1.11. The maximum Gasteiger partial charge on any atom is 0.226 e. The minimum Gasteiger partial charge on any atom is -0.383 e. The van der Waals surface area contributed by atoms with Gasteiger partial charge in [-0.1, -0.05) is 23.4 Å². The molecule has 1 unspecified atom stereocenters. The second-order valence-electron chi connectivity index (χ2n) is 5.98. The van der Waals surface area contributed by atoms with Crippen LogP contribution in [0, 0.1) is 11.6 Å². The van der Waals surface area contributed by atoms with Gasteiger partial charge in [0.25, 0.3) is 0 Å². The topological polar surface area (TPSA) is 75.4 Å². The first kappa shape index (κ1) is 17.0. The molecule has 3 aromatic rings. The molecular weight excluding hydrogens is 330 g/mol. The number of benzene rings is 2. The molecule has 5 nitrogen and oxygen atoms in total. The lowest BCUT2D eigenvalue weighted by molar-refractivity contribution is -0.121. The Morgan fingerprint density at radius 3 is 2.80 bits per heavy atom. The number of aromatic nitrogens is 1. The van der Waals surface area contributed by atoms with Crippen LogP contribution in [0.1, 0.15) is 18.2 Å². The summed E-state index contributed by atoms with van der Waals surface area (Å²) in [6, 6.07) is 10.0. The molecule has 7 heteroatoms. The summed E-state index contributed by atoms with van der Waals surface area (Å²) in [4.78, 5) is 12.1. The molecule has 0 radical (unpaired) electrons. The molecule has 130 valence electrons. The van der Waals surface area contributed by atoms with E-state index in [1.165, 1.54) is 6.92 Å². The van der Waals surface area contributed by atoms with Crippen molar-refractivity contribution in [2.45, 2.75) is 18.9 Å². The third kappa shape index (κ3) is 3.66. The fourth-order valence-corrected chi connectivity index (χ4v) is 2.57. The maximum absolute atomic E-state index is 13.8. The minimum absolute atomic E-state index is 0.0427. The summed E-state index contributed by atoms with van der Waals surface area (Å²) >= 11 is 0. The predicted octanol–water partition coefficient (Wildman–Crippen LogP) is 2.67. The zero-order valence-corrected chi connectivity index (χ0v) is 13.4. The van der Waals surface area contributed by atoms with Crippen LogP contribution in [0.5, 0.6) is 0 Å². The van der Waals surface area contributed by atoms with Crippen LogP contribution in [-0.2, 0) is 16.8 Å². The van der Waals surface area contributed by atoms with Gasteiger partial charge in [0.1, 0.15) is 22.9 Å². The van der Waals surface area contributed by atoms with Gasteiger partial charge in [-0.3, -0.25) is 4.79 Å². The highest BCUT2D eigenvalue weighted by Crippen LogP contribution is 2.24. The van der Waals surface area contributed by atoms with Gasteiger partial charge in [-0.15, -0.1) is 0 Å². The van der Waals surface area contributed by atoms with Crippen LogP contribution in [0.4, 0.5) is 8.78 Å². The lowest BCUT2D eigenvalue weighted by Gasteiger charge is -2.24. The molecule has 3 rings (SSSR count). The van der Waals surface area contributed by atoms with Gasteiger partial charge in [0.15, 0.2) is 5.58 Å². The first-order valence-electron chi connectivity index (χ1n) is 7.65. The Morgan fingerprint density at radius 1 is 1.28 bits per heavy atom. The van der Waals surface area contributed by atoms with E-state index in [0.717, 1.165) is 17.5 Å². The van der Waals surface area contributed by atoms with E-state index in [2.05, 4.69) is 10.5 Å². The Morgan fingerprint density at radius 2 is 2.04 bits per heavy atom. The highest BCUT2D eigenvalue weighted by molar-refractivity contribution is 5.86. The van der Waals surface area contributed by atoms with Crippen LogP contribution >= 0.6 is 0 Å². The van der Waals surface area contributed by atoms with E-state index in [1.54, 1.807) is 18.2 Å². The molecule has 1 aromatic heterocycles. The molecule has 0 spiro atoms. The standard InChI is InChI=1S/C18H16F2N2O3/c1-18(24,13-7-6-11(19)8-14(13)20)10-21-17(23)9-15-12-4-2-3-5-16(12)25-22-15/h2-8,24H,9-10H2,1H3,(H,21,23). The highest BCUT2D eigenvalue weighted by Gasteiger charge is 2.27. The van der Waals surface area contributed by atoms with Crippen molar-refractivity contribution < 1.29 is 23.2 Å². The summed E-state index contributed by atoms with van der Waals surface area (Å²) in [7, 11) is 0. The van der Waals surface area contributed by atoms with E-state index in [9.17, 15) is 18.7 Å². The first-order chi connectivity index (χ1) is 11.9. The Labute approximate surface area is 142 Å². The van der Waals surface area contributed by atoms with Crippen molar-refractivity contribution in [1.82, 2.24) is 10.5 Å². The van der Waals surface area contributed by atoms with Gasteiger partial charge in [-0.05, 0) is 25.1 Å². The number of hydrogen-bond acceptors (Lipinski definition) is 4. The molecule has 0 fully saturated rings. The number of aliphatic hydroxyl groups is 1. The minimum atomic E-state index is -1.68. The Kier molecular flexibility index (Phi) is 4.50. The lowest BCUT2D eigenvalue weighted by Crippen LogP contribution is -2.39. The summed E-state index contributed by atoms with van der Waals surface area (Å²) in [5, 5.41) is 17.5. The van der Waals surface area contributed by atoms with Crippen LogP contribution < -0.4 is 5.32 Å². The molecule has 0 saturated carbocycles. The molecule has 0 saturated heterocycles. The summed E-state index contributed by atoms with van der Waals surface area (Å²) in [6.07, 6.45) is -0.0427. The van der Waals surface area contributed by atoms with Crippen LogP contribution in [0.15, 0.2) is 47.0 Å². The van der Waals surface area contributed by atoms with E-state index in [0.29, 0.717) is 17.3 Å². The number of carbonyl (C=O) groups excluding carboxylic acids is 1. The molecule has 1 amide bonds. The smallest absolute Gasteiger partial charge is 0.226 e. The van der Waals surface area contributed by atoms with Crippen LogP contribution in [0.2, 0.25) is 0 Å². The fraction of sp³-hybridized carbons (Fsp3) is 0.222. The highest BCUT2D eigenvalue weighted by atomic mass is 19.1. The van der Waals surface area contributed by atoms with Gasteiger partial charge in [-0.2, -0.15) is 0 Å². The number of fused-ring (bicyclic) bond motifs is 1. The molecule has 0 aliphatic carbocycles. The SMILES string of the molecule is CC(O)(CNC(=O)Cc1noc2ccccc12)c1ccc(F)cc1F. The third-order valence-corrected chi connectivity index (χ3v) is 3.92. The van der Waals surface area contributed by atoms with Gasteiger partial charge in [-0.25, -0.2) is 8.78 Å². The van der Waals surface area contributed by atoms with Crippen LogP contribution in [-0.4, -0.2) is 22.7 Å². The van der Waals surface area contributed by atoms with E-state index >= 15 is 0 Å². The Hall–Kier alpha value is -2.80. The van der Waals surface area contributed by atoms with Crippen molar-refractivity contribution in [3.63, 3.8) is 0 Å². The van der Waals surface area contributed by atoms with Crippen LogP contribution in [0.3, 0.4) is 0 Å². The zero-order chi connectivity index (χ0) is 18.0. The van der Waals surface area contributed by atoms with Gasteiger partial charge >= 0.3 is 0 Å². The third-order valence-electron chi connectivity index (χ3n) is 3.92. The van der Waals surface area contributed by atoms with Crippen molar-refractivity contribution >= 4 is 16.9 Å². The van der Waals surface area contributed by atoms with Crippen molar-refractivity contribution in [3.05, 3.63) is 65.4 Å². The van der Waals surface area contributed by atoms with E-state index in [4.69, 9.17) is 4.52 Å². The van der Waals surface area contributed by atoms with Gasteiger partial charge in [0.2, 0.25) is 5.91 Å². The Balaban J connectivity index is 1.67. The fourth-order valence-electron chi connectivity index (χ4n) is 2.57. The zero-order valence-electron chi connectivity index (χ0n) is 13.4. The maximum atomic E-state index is 13.8. The normalized spacial score (nSPS) is 13.6. The summed E-state index contributed by atoms with van der Waals surface area (Å²) in [5.74, 6) is -2.01. The average molecular weight is 346 g/mol. The lowest BCUT2D eigenvalue weighted by atomic mass is 9.95. The van der Waals surface area contributed by atoms with E-state index < -0.39 is 23.1 Å². The van der Waals surface area contributed by atoms with E-state index in [-0.39, 0.29) is 18.5 Å². The second kappa shape index (κ2) is 6.60. The molecule has 25 heavy (non-hydrogen) atoms. The number of nitrogens with zero attached hydrogens (tertiary/aromatic N) is 1. The number of rotatable bonds is 5. The first-order valence-corrected chi connectivity index (χ1v) is 7.65. The number of hydrogen-bond donors (Lipinski definition) is 2. The molecule has 2 aromatic carbocycles.